The molecule has 1 aliphatic heterocycles. The lowest BCUT2D eigenvalue weighted by atomic mass is 10.3. The maximum absolute atomic E-state index is 11.8. The molecule has 0 aliphatic carbocycles. The fourth-order valence-corrected chi connectivity index (χ4v) is 1.87. The third-order valence-corrected chi connectivity index (χ3v) is 3.07. The molecule has 0 unspecified atom stereocenters. The molecular formula is C11H23N3O. The van der Waals surface area contributed by atoms with Crippen LogP contribution in [0.1, 0.15) is 13.8 Å². The van der Waals surface area contributed by atoms with Crippen molar-refractivity contribution in [3.05, 3.63) is 0 Å². The normalized spacial score (nSPS) is 19.1. The molecule has 88 valence electrons. The molecule has 0 bridgehead atoms. The van der Waals surface area contributed by atoms with E-state index in [0.29, 0.717) is 6.54 Å². The Morgan fingerprint density at radius 1 is 1.13 bits per heavy atom. The van der Waals surface area contributed by atoms with Crippen molar-refractivity contribution in [2.75, 3.05) is 52.9 Å². The van der Waals surface area contributed by atoms with Gasteiger partial charge in [0, 0.05) is 39.3 Å². The molecule has 1 aliphatic rings. The van der Waals surface area contributed by atoms with E-state index in [1.807, 2.05) is 18.7 Å². The summed E-state index contributed by atoms with van der Waals surface area (Å²) in [5.41, 5.74) is 0. The first-order valence-corrected chi connectivity index (χ1v) is 5.86. The summed E-state index contributed by atoms with van der Waals surface area (Å²) in [6, 6.07) is 0. The fourth-order valence-electron chi connectivity index (χ4n) is 1.87. The molecule has 0 aromatic heterocycles. The second kappa shape index (κ2) is 6.08. The van der Waals surface area contributed by atoms with Gasteiger partial charge in [0.05, 0.1) is 6.54 Å². The van der Waals surface area contributed by atoms with Crippen LogP contribution in [-0.2, 0) is 4.79 Å². The van der Waals surface area contributed by atoms with Gasteiger partial charge in [-0.05, 0) is 20.9 Å². The van der Waals surface area contributed by atoms with Gasteiger partial charge < -0.3 is 9.80 Å². The zero-order chi connectivity index (χ0) is 11.3. The van der Waals surface area contributed by atoms with E-state index in [4.69, 9.17) is 0 Å². The maximum atomic E-state index is 11.8. The summed E-state index contributed by atoms with van der Waals surface area (Å²) in [5, 5.41) is 0. The van der Waals surface area contributed by atoms with Crippen LogP contribution in [0.4, 0.5) is 0 Å². The summed E-state index contributed by atoms with van der Waals surface area (Å²) in [4.78, 5) is 18.3. The molecule has 0 aromatic rings. The van der Waals surface area contributed by atoms with Gasteiger partial charge in [-0.25, -0.2) is 0 Å². The predicted octanol–water partition coefficient (Wildman–Crippen LogP) is 0.102. The van der Waals surface area contributed by atoms with Gasteiger partial charge in [-0.1, -0.05) is 0 Å². The summed E-state index contributed by atoms with van der Waals surface area (Å²) in [6.45, 7) is 10.5. The summed E-state index contributed by atoms with van der Waals surface area (Å²) in [6.07, 6.45) is 0. The summed E-state index contributed by atoms with van der Waals surface area (Å²) < 4.78 is 0. The van der Waals surface area contributed by atoms with Crippen LogP contribution in [0, 0.1) is 0 Å². The molecule has 0 radical (unpaired) electrons. The van der Waals surface area contributed by atoms with E-state index < -0.39 is 0 Å². The number of piperazine rings is 1. The highest BCUT2D eigenvalue weighted by Crippen LogP contribution is 2.00. The Kier molecular flexibility index (Phi) is 5.05. The number of hydrogen-bond acceptors (Lipinski definition) is 3. The molecule has 0 N–H and O–H groups in total. The number of likely N-dealkylation sites (N-methyl/N-ethyl adjacent to an activating group) is 2. The van der Waals surface area contributed by atoms with Crippen molar-refractivity contribution in [1.82, 2.24) is 14.7 Å². The Bertz CT molecular complexity index is 196. The lowest BCUT2D eigenvalue weighted by Crippen LogP contribution is -2.48. The Morgan fingerprint density at radius 3 is 2.13 bits per heavy atom. The predicted molar refractivity (Wildman–Crippen MR) is 61.9 cm³/mol. The number of rotatable bonds is 4. The Balaban J connectivity index is 2.31. The summed E-state index contributed by atoms with van der Waals surface area (Å²) in [7, 11) is 2.13. The van der Waals surface area contributed by atoms with E-state index >= 15 is 0 Å². The van der Waals surface area contributed by atoms with E-state index in [-0.39, 0.29) is 5.91 Å². The van der Waals surface area contributed by atoms with Crippen LogP contribution < -0.4 is 0 Å². The van der Waals surface area contributed by atoms with Gasteiger partial charge in [-0.3, -0.25) is 9.69 Å². The highest BCUT2D eigenvalue weighted by Gasteiger charge is 2.18. The first-order valence-electron chi connectivity index (χ1n) is 5.86. The van der Waals surface area contributed by atoms with Crippen molar-refractivity contribution in [3.8, 4) is 0 Å². The van der Waals surface area contributed by atoms with Gasteiger partial charge in [-0.2, -0.15) is 0 Å². The molecule has 15 heavy (non-hydrogen) atoms. The monoisotopic (exact) mass is 213 g/mol. The fraction of sp³-hybridized carbons (Fsp3) is 0.909. The highest BCUT2D eigenvalue weighted by atomic mass is 16.2. The van der Waals surface area contributed by atoms with Crippen molar-refractivity contribution >= 4 is 5.91 Å². The van der Waals surface area contributed by atoms with E-state index in [0.717, 1.165) is 39.3 Å². The SMILES string of the molecule is CCN(CC)C(=O)CN1CCN(C)CC1. The van der Waals surface area contributed by atoms with E-state index in [2.05, 4.69) is 16.8 Å². The molecule has 1 amide bonds. The first kappa shape index (κ1) is 12.5. The van der Waals surface area contributed by atoms with E-state index in [1.165, 1.54) is 0 Å². The minimum Gasteiger partial charge on any atom is -0.342 e. The zero-order valence-corrected chi connectivity index (χ0v) is 10.2. The molecule has 0 aromatic carbocycles. The van der Waals surface area contributed by atoms with Crippen LogP contribution in [0.25, 0.3) is 0 Å². The summed E-state index contributed by atoms with van der Waals surface area (Å²) >= 11 is 0. The molecule has 1 rings (SSSR count). The number of amides is 1. The van der Waals surface area contributed by atoms with Crippen LogP contribution in [0.5, 0.6) is 0 Å². The highest BCUT2D eigenvalue weighted by molar-refractivity contribution is 5.78. The van der Waals surface area contributed by atoms with Crippen molar-refractivity contribution in [2.24, 2.45) is 0 Å². The van der Waals surface area contributed by atoms with Crippen molar-refractivity contribution in [1.29, 1.82) is 0 Å². The van der Waals surface area contributed by atoms with Gasteiger partial charge in [0.2, 0.25) is 5.91 Å². The number of hydrogen-bond donors (Lipinski definition) is 0. The van der Waals surface area contributed by atoms with Crippen LogP contribution in [-0.4, -0.2) is 73.5 Å². The van der Waals surface area contributed by atoms with Gasteiger partial charge in [-0.15, -0.1) is 0 Å². The second-order valence-corrected chi connectivity index (χ2v) is 4.15. The Morgan fingerprint density at radius 2 is 1.67 bits per heavy atom. The molecule has 1 fully saturated rings. The van der Waals surface area contributed by atoms with E-state index in [9.17, 15) is 4.79 Å². The molecule has 4 nitrogen and oxygen atoms in total. The first-order chi connectivity index (χ1) is 7.17. The van der Waals surface area contributed by atoms with E-state index in [1.54, 1.807) is 0 Å². The number of nitrogens with zero attached hydrogens (tertiary/aromatic N) is 3. The smallest absolute Gasteiger partial charge is 0.236 e. The largest absolute Gasteiger partial charge is 0.342 e. The quantitative estimate of drug-likeness (QED) is 0.663. The zero-order valence-electron chi connectivity index (χ0n) is 10.2. The van der Waals surface area contributed by atoms with Gasteiger partial charge in [0.1, 0.15) is 0 Å². The minimum absolute atomic E-state index is 0.268. The third-order valence-electron chi connectivity index (χ3n) is 3.07. The standard InChI is InChI=1S/C11H23N3O/c1-4-14(5-2)11(15)10-13-8-6-12(3)7-9-13/h4-10H2,1-3H3. The van der Waals surface area contributed by atoms with Gasteiger partial charge >= 0.3 is 0 Å². The lowest BCUT2D eigenvalue weighted by Gasteiger charge is -2.33. The minimum atomic E-state index is 0.268. The number of carbonyl (C=O) groups excluding carboxylic acids is 1. The number of carbonyl (C=O) groups is 1. The lowest BCUT2D eigenvalue weighted by molar-refractivity contribution is -0.132. The van der Waals surface area contributed by atoms with Crippen molar-refractivity contribution in [2.45, 2.75) is 13.8 Å². The van der Waals surface area contributed by atoms with Crippen LogP contribution in [0.15, 0.2) is 0 Å². The molecule has 0 saturated carbocycles. The van der Waals surface area contributed by atoms with Crippen molar-refractivity contribution in [3.63, 3.8) is 0 Å². The third kappa shape index (κ3) is 3.80. The molecule has 0 atom stereocenters. The van der Waals surface area contributed by atoms with Gasteiger partial charge in [0.15, 0.2) is 0 Å². The average Bonchev–Trinajstić information content (AvgIpc) is 2.23. The summed E-state index contributed by atoms with van der Waals surface area (Å²) in [5.74, 6) is 0.268. The molecular weight excluding hydrogens is 190 g/mol. The Labute approximate surface area is 92.8 Å². The molecule has 1 heterocycles. The van der Waals surface area contributed by atoms with Crippen LogP contribution in [0.2, 0.25) is 0 Å². The van der Waals surface area contributed by atoms with Crippen molar-refractivity contribution < 1.29 is 4.79 Å². The average molecular weight is 213 g/mol. The molecule has 1 saturated heterocycles. The topological polar surface area (TPSA) is 26.8 Å². The molecule has 4 heteroatoms. The van der Waals surface area contributed by atoms with Gasteiger partial charge in [0.25, 0.3) is 0 Å². The molecule has 0 spiro atoms. The van der Waals surface area contributed by atoms with Crippen LogP contribution in [0.3, 0.4) is 0 Å². The Hall–Kier alpha value is -0.610. The van der Waals surface area contributed by atoms with Crippen LogP contribution >= 0.6 is 0 Å². The second-order valence-electron chi connectivity index (χ2n) is 4.15. The maximum Gasteiger partial charge on any atom is 0.236 e.